The van der Waals surface area contributed by atoms with Gasteiger partial charge in [0.05, 0.1) is 19.8 Å². The molecule has 2 N–H and O–H groups in total. The minimum absolute atomic E-state index is 0.0609. The fourth-order valence-corrected chi connectivity index (χ4v) is 2.23. The summed E-state index contributed by atoms with van der Waals surface area (Å²) < 4.78 is 5.28. The van der Waals surface area contributed by atoms with Gasteiger partial charge in [0.25, 0.3) is 0 Å². The predicted octanol–water partition coefficient (Wildman–Crippen LogP) is 1.20. The van der Waals surface area contributed by atoms with E-state index in [1.54, 1.807) is 12.1 Å². The van der Waals surface area contributed by atoms with E-state index in [2.05, 4.69) is 15.5 Å². The molecule has 1 aromatic carbocycles. The number of amides is 1. The lowest BCUT2D eigenvalue weighted by Gasteiger charge is -2.26. The zero-order valence-electron chi connectivity index (χ0n) is 11.4. The Morgan fingerprint density at radius 3 is 2.90 bits per heavy atom. The Morgan fingerprint density at radius 2 is 2.15 bits per heavy atom. The van der Waals surface area contributed by atoms with Crippen molar-refractivity contribution in [3.63, 3.8) is 0 Å². The van der Waals surface area contributed by atoms with Gasteiger partial charge in [0, 0.05) is 36.9 Å². The minimum atomic E-state index is -0.0609. The lowest BCUT2D eigenvalue weighted by molar-refractivity contribution is -0.115. The number of carbonyl (C=O) groups excluding carboxylic acids is 1. The summed E-state index contributed by atoms with van der Waals surface area (Å²) in [5.41, 5.74) is 0.720. The second kappa shape index (κ2) is 8.21. The molecule has 6 heteroatoms. The highest BCUT2D eigenvalue weighted by molar-refractivity contribution is 6.30. The number of ether oxygens (including phenoxy) is 1. The first-order chi connectivity index (χ1) is 9.74. The van der Waals surface area contributed by atoms with Gasteiger partial charge in [0.1, 0.15) is 0 Å². The van der Waals surface area contributed by atoms with Crippen LogP contribution in [0.1, 0.15) is 0 Å². The topological polar surface area (TPSA) is 53.6 Å². The van der Waals surface area contributed by atoms with E-state index < -0.39 is 0 Å². The highest BCUT2D eigenvalue weighted by Gasteiger charge is 2.09. The first-order valence-corrected chi connectivity index (χ1v) is 7.18. The average molecular weight is 298 g/mol. The molecule has 0 unspecified atom stereocenters. The van der Waals surface area contributed by atoms with E-state index in [9.17, 15) is 4.79 Å². The van der Waals surface area contributed by atoms with Gasteiger partial charge in [-0.05, 0) is 18.2 Å². The molecule has 5 nitrogen and oxygen atoms in total. The Balaban J connectivity index is 1.60. The van der Waals surface area contributed by atoms with Gasteiger partial charge in [0.2, 0.25) is 5.91 Å². The first-order valence-electron chi connectivity index (χ1n) is 6.80. The Kier molecular flexibility index (Phi) is 6.26. The molecule has 110 valence electrons. The van der Waals surface area contributed by atoms with Gasteiger partial charge in [-0.25, -0.2) is 0 Å². The number of nitrogens with zero attached hydrogens (tertiary/aromatic N) is 1. The van der Waals surface area contributed by atoms with Crippen molar-refractivity contribution in [1.29, 1.82) is 0 Å². The van der Waals surface area contributed by atoms with Crippen molar-refractivity contribution < 1.29 is 9.53 Å². The molecule has 1 aromatic rings. The number of hydrogen-bond acceptors (Lipinski definition) is 4. The van der Waals surface area contributed by atoms with Crippen molar-refractivity contribution >= 4 is 23.2 Å². The van der Waals surface area contributed by atoms with Crippen molar-refractivity contribution in [3.8, 4) is 0 Å². The van der Waals surface area contributed by atoms with Crippen LogP contribution < -0.4 is 10.6 Å². The van der Waals surface area contributed by atoms with Crippen LogP contribution in [0, 0.1) is 0 Å². The van der Waals surface area contributed by atoms with Crippen molar-refractivity contribution in [2.75, 3.05) is 51.3 Å². The molecular weight excluding hydrogens is 278 g/mol. The average Bonchev–Trinajstić information content (AvgIpc) is 2.45. The van der Waals surface area contributed by atoms with Gasteiger partial charge >= 0.3 is 0 Å². The van der Waals surface area contributed by atoms with Crippen LogP contribution in [0.15, 0.2) is 24.3 Å². The molecule has 2 rings (SSSR count). The number of rotatable bonds is 6. The second-order valence-corrected chi connectivity index (χ2v) is 5.13. The third kappa shape index (κ3) is 5.46. The van der Waals surface area contributed by atoms with Crippen LogP contribution in [-0.4, -0.2) is 56.7 Å². The summed E-state index contributed by atoms with van der Waals surface area (Å²) in [6.45, 7) is 5.57. The summed E-state index contributed by atoms with van der Waals surface area (Å²) in [6, 6.07) is 7.13. The fourth-order valence-electron chi connectivity index (χ4n) is 2.04. The number of benzene rings is 1. The Morgan fingerprint density at radius 1 is 1.35 bits per heavy atom. The van der Waals surface area contributed by atoms with Crippen LogP contribution in [0.2, 0.25) is 5.02 Å². The number of hydrogen-bond donors (Lipinski definition) is 2. The van der Waals surface area contributed by atoms with Gasteiger partial charge in [-0.2, -0.15) is 0 Å². The Bertz CT molecular complexity index is 436. The molecule has 0 atom stereocenters. The third-order valence-corrected chi connectivity index (χ3v) is 3.34. The Hall–Kier alpha value is -1.14. The lowest BCUT2D eigenvalue weighted by atomic mass is 10.3. The van der Waals surface area contributed by atoms with E-state index in [-0.39, 0.29) is 5.91 Å². The van der Waals surface area contributed by atoms with E-state index >= 15 is 0 Å². The highest BCUT2D eigenvalue weighted by atomic mass is 35.5. The highest BCUT2D eigenvalue weighted by Crippen LogP contribution is 2.14. The maximum absolute atomic E-state index is 11.7. The molecule has 20 heavy (non-hydrogen) atoms. The lowest BCUT2D eigenvalue weighted by Crippen LogP contribution is -2.41. The number of morpholine rings is 1. The van der Waals surface area contributed by atoms with E-state index in [1.165, 1.54) is 0 Å². The number of halogens is 1. The SMILES string of the molecule is O=C(CNCCN1CCOCC1)Nc1cccc(Cl)c1. The predicted molar refractivity (Wildman–Crippen MR) is 80.2 cm³/mol. The first kappa shape index (κ1) is 15.3. The normalized spacial score (nSPS) is 16.1. The zero-order valence-corrected chi connectivity index (χ0v) is 12.2. The van der Waals surface area contributed by atoms with Gasteiger partial charge in [-0.3, -0.25) is 9.69 Å². The largest absolute Gasteiger partial charge is 0.379 e. The van der Waals surface area contributed by atoms with Crippen molar-refractivity contribution in [3.05, 3.63) is 29.3 Å². The summed E-state index contributed by atoms with van der Waals surface area (Å²) >= 11 is 5.86. The molecule has 0 spiro atoms. The van der Waals surface area contributed by atoms with E-state index in [4.69, 9.17) is 16.3 Å². The van der Waals surface area contributed by atoms with Gasteiger partial charge in [0.15, 0.2) is 0 Å². The Labute approximate surface area is 124 Å². The number of carbonyl (C=O) groups is 1. The van der Waals surface area contributed by atoms with Gasteiger partial charge in [-0.1, -0.05) is 17.7 Å². The molecule has 0 radical (unpaired) electrons. The molecule has 0 bridgehead atoms. The molecule has 1 aliphatic heterocycles. The minimum Gasteiger partial charge on any atom is -0.379 e. The smallest absolute Gasteiger partial charge is 0.238 e. The molecule has 1 heterocycles. The third-order valence-electron chi connectivity index (χ3n) is 3.10. The van der Waals surface area contributed by atoms with Crippen molar-refractivity contribution in [1.82, 2.24) is 10.2 Å². The molecular formula is C14H20ClN3O2. The van der Waals surface area contributed by atoms with Crippen LogP contribution in [0.3, 0.4) is 0 Å². The summed E-state index contributed by atoms with van der Waals surface area (Å²) in [5.74, 6) is -0.0609. The maximum Gasteiger partial charge on any atom is 0.238 e. The second-order valence-electron chi connectivity index (χ2n) is 4.69. The molecule has 0 aliphatic carbocycles. The molecule has 1 amide bonds. The van der Waals surface area contributed by atoms with Crippen LogP contribution in [-0.2, 0) is 9.53 Å². The van der Waals surface area contributed by atoms with Crippen LogP contribution >= 0.6 is 11.6 Å². The summed E-state index contributed by atoms with van der Waals surface area (Å²) in [6.07, 6.45) is 0. The number of anilines is 1. The van der Waals surface area contributed by atoms with E-state index in [0.717, 1.165) is 45.1 Å². The standard InChI is InChI=1S/C14H20ClN3O2/c15-12-2-1-3-13(10-12)17-14(19)11-16-4-5-18-6-8-20-9-7-18/h1-3,10,16H,4-9,11H2,(H,17,19). The molecule has 1 saturated heterocycles. The van der Waals surface area contributed by atoms with E-state index in [0.29, 0.717) is 11.6 Å². The molecule has 0 aromatic heterocycles. The monoisotopic (exact) mass is 297 g/mol. The van der Waals surface area contributed by atoms with Gasteiger partial charge in [-0.15, -0.1) is 0 Å². The van der Waals surface area contributed by atoms with Crippen LogP contribution in [0.5, 0.6) is 0 Å². The van der Waals surface area contributed by atoms with Crippen molar-refractivity contribution in [2.24, 2.45) is 0 Å². The molecule has 1 fully saturated rings. The summed E-state index contributed by atoms with van der Waals surface area (Å²) in [4.78, 5) is 14.0. The van der Waals surface area contributed by atoms with Gasteiger partial charge < -0.3 is 15.4 Å². The maximum atomic E-state index is 11.7. The summed E-state index contributed by atoms with van der Waals surface area (Å²) in [5, 5.41) is 6.56. The van der Waals surface area contributed by atoms with Crippen LogP contribution in [0.25, 0.3) is 0 Å². The quantitative estimate of drug-likeness (QED) is 0.775. The molecule has 1 aliphatic rings. The fraction of sp³-hybridized carbons (Fsp3) is 0.500. The number of nitrogens with one attached hydrogen (secondary N) is 2. The van der Waals surface area contributed by atoms with Crippen LogP contribution in [0.4, 0.5) is 5.69 Å². The zero-order chi connectivity index (χ0) is 14.2. The van der Waals surface area contributed by atoms with E-state index in [1.807, 2.05) is 12.1 Å². The van der Waals surface area contributed by atoms with Crippen molar-refractivity contribution in [2.45, 2.75) is 0 Å². The summed E-state index contributed by atoms with van der Waals surface area (Å²) in [7, 11) is 0. The molecule has 0 saturated carbocycles.